The number of hydrogen-bond acceptors (Lipinski definition) is 7. The van der Waals surface area contributed by atoms with Crippen molar-refractivity contribution in [3.05, 3.63) is 42.0 Å². The quantitative estimate of drug-likeness (QED) is 0.832. The molecule has 4 rings (SSSR count). The number of benzene rings is 1. The summed E-state index contributed by atoms with van der Waals surface area (Å²) >= 11 is 0. The van der Waals surface area contributed by atoms with Crippen molar-refractivity contribution in [3.63, 3.8) is 0 Å². The fourth-order valence-electron chi connectivity index (χ4n) is 3.74. The molecule has 1 amide bonds. The van der Waals surface area contributed by atoms with Crippen LogP contribution in [0.5, 0.6) is 0 Å². The summed E-state index contributed by atoms with van der Waals surface area (Å²) in [6, 6.07) is 9.91. The number of anilines is 1. The zero-order valence-corrected chi connectivity index (χ0v) is 14.8. The minimum absolute atomic E-state index is 0.00799. The first-order valence-electron chi connectivity index (χ1n) is 9.09. The minimum Gasteiger partial charge on any atom is -0.338 e. The van der Waals surface area contributed by atoms with E-state index in [2.05, 4.69) is 19.9 Å². The molecule has 138 valence electrons. The summed E-state index contributed by atoms with van der Waals surface area (Å²) in [5.41, 5.74) is 6.49. The van der Waals surface area contributed by atoms with Gasteiger partial charge in [-0.15, -0.1) is 0 Å². The van der Waals surface area contributed by atoms with Gasteiger partial charge in [0.25, 0.3) is 0 Å². The molecule has 26 heavy (non-hydrogen) atoms. The molecule has 2 aliphatic heterocycles. The Hall–Kier alpha value is -2.29. The number of rotatable bonds is 5. The summed E-state index contributed by atoms with van der Waals surface area (Å²) in [6.07, 6.45) is 0.887. The van der Waals surface area contributed by atoms with Crippen LogP contribution in [-0.4, -0.2) is 64.6 Å². The van der Waals surface area contributed by atoms with Gasteiger partial charge < -0.3 is 15.2 Å². The maximum Gasteiger partial charge on any atom is 0.244 e. The van der Waals surface area contributed by atoms with E-state index in [1.54, 1.807) is 0 Å². The van der Waals surface area contributed by atoms with Crippen molar-refractivity contribution in [2.45, 2.75) is 25.6 Å². The van der Waals surface area contributed by atoms with Crippen LogP contribution in [0.15, 0.2) is 34.9 Å². The zero-order chi connectivity index (χ0) is 17.9. The largest absolute Gasteiger partial charge is 0.338 e. The monoisotopic (exact) mass is 356 g/mol. The van der Waals surface area contributed by atoms with Crippen LogP contribution >= 0.6 is 0 Å². The molecule has 1 unspecified atom stereocenters. The second-order valence-electron chi connectivity index (χ2n) is 6.75. The average Bonchev–Trinajstić information content (AvgIpc) is 3.29. The highest BCUT2D eigenvalue weighted by atomic mass is 16.5. The molecule has 8 nitrogen and oxygen atoms in total. The van der Waals surface area contributed by atoms with Crippen LogP contribution in [0.3, 0.4) is 0 Å². The molecule has 0 bridgehead atoms. The maximum atomic E-state index is 12.8. The van der Waals surface area contributed by atoms with E-state index in [0.29, 0.717) is 18.3 Å². The minimum atomic E-state index is -0.00799. The van der Waals surface area contributed by atoms with Crippen molar-refractivity contribution in [1.29, 1.82) is 0 Å². The van der Waals surface area contributed by atoms with E-state index in [1.165, 1.54) is 0 Å². The van der Waals surface area contributed by atoms with Gasteiger partial charge in [-0.1, -0.05) is 23.4 Å². The molecule has 1 atom stereocenters. The van der Waals surface area contributed by atoms with Gasteiger partial charge in [0.2, 0.25) is 11.8 Å². The molecule has 1 aromatic heterocycles. The second kappa shape index (κ2) is 7.53. The van der Waals surface area contributed by atoms with E-state index >= 15 is 0 Å². The Kier molecular flexibility index (Phi) is 4.96. The first-order valence-corrected chi connectivity index (χ1v) is 9.09. The summed E-state index contributed by atoms with van der Waals surface area (Å²) in [6.45, 7) is 5.25. The van der Waals surface area contributed by atoms with Crippen LogP contribution in [0.4, 0.5) is 5.69 Å². The van der Waals surface area contributed by atoms with Gasteiger partial charge in [-0.25, -0.2) is 0 Å². The number of carbonyl (C=O) groups excluding carboxylic acids is 1. The summed E-state index contributed by atoms with van der Waals surface area (Å²) in [5, 5.41) is 3.95. The van der Waals surface area contributed by atoms with Gasteiger partial charge >= 0.3 is 0 Å². The van der Waals surface area contributed by atoms with Crippen molar-refractivity contribution in [2.75, 3.05) is 37.6 Å². The van der Waals surface area contributed by atoms with Gasteiger partial charge in [0, 0.05) is 38.4 Å². The van der Waals surface area contributed by atoms with Crippen LogP contribution in [0.1, 0.15) is 18.1 Å². The Labute approximate surface area is 152 Å². The van der Waals surface area contributed by atoms with Crippen molar-refractivity contribution in [1.82, 2.24) is 19.9 Å². The van der Waals surface area contributed by atoms with E-state index in [4.69, 9.17) is 10.3 Å². The molecule has 2 aliphatic rings. The third kappa shape index (κ3) is 3.48. The fourth-order valence-corrected chi connectivity index (χ4v) is 3.74. The lowest BCUT2D eigenvalue weighted by Crippen LogP contribution is -2.52. The van der Waals surface area contributed by atoms with Crippen LogP contribution in [-0.2, 0) is 17.9 Å². The molecule has 2 fully saturated rings. The number of nitrogens with two attached hydrogens (primary N) is 1. The van der Waals surface area contributed by atoms with Crippen LogP contribution in [0.2, 0.25) is 0 Å². The van der Waals surface area contributed by atoms with Gasteiger partial charge in [-0.3, -0.25) is 14.6 Å². The first kappa shape index (κ1) is 17.1. The van der Waals surface area contributed by atoms with Gasteiger partial charge in [0.05, 0.1) is 19.1 Å². The smallest absolute Gasteiger partial charge is 0.244 e. The number of carbonyl (C=O) groups is 1. The Morgan fingerprint density at radius 2 is 1.88 bits per heavy atom. The number of aromatic nitrogens is 2. The van der Waals surface area contributed by atoms with Crippen LogP contribution < -0.4 is 10.6 Å². The standard InChI is InChI=1S/C18H24N6O2/c19-12-17-20-16(21-26-17)13-22-8-10-23(11-9-22)15-6-7-24(18(15)25)14-4-2-1-3-5-14/h1-5,15H,6-13,19H2. The van der Waals surface area contributed by atoms with Gasteiger partial charge in [0.15, 0.2) is 5.82 Å². The summed E-state index contributed by atoms with van der Waals surface area (Å²) in [5.74, 6) is 1.36. The number of piperazine rings is 1. The third-order valence-corrected chi connectivity index (χ3v) is 5.14. The van der Waals surface area contributed by atoms with Crippen molar-refractivity contribution < 1.29 is 9.32 Å². The fraction of sp³-hybridized carbons (Fsp3) is 0.500. The van der Waals surface area contributed by atoms with Gasteiger partial charge in [0.1, 0.15) is 0 Å². The van der Waals surface area contributed by atoms with Crippen molar-refractivity contribution in [3.8, 4) is 0 Å². The Morgan fingerprint density at radius 1 is 1.12 bits per heavy atom. The van der Waals surface area contributed by atoms with Crippen molar-refractivity contribution >= 4 is 11.6 Å². The van der Waals surface area contributed by atoms with Gasteiger partial charge in [-0.2, -0.15) is 4.98 Å². The molecule has 2 aromatic rings. The highest BCUT2D eigenvalue weighted by Gasteiger charge is 2.37. The number of amides is 1. The Balaban J connectivity index is 1.31. The molecule has 0 radical (unpaired) electrons. The zero-order valence-electron chi connectivity index (χ0n) is 14.8. The lowest BCUT2D eigenvalue weighted by atomic mass is 10.2. The SMILES string of the molecule is NCc1nc(CN2CCN(C3CCN(c4ccccc4)C3=O)CC2)no1. The van der Waals surface area contributed by atoms with E-state index < -0.39 is 0 Å². The van der Waals surface area contributed by atoms with Crippen LogP contribution in [0, 0.1) is 0 Å². The molecule has 0 spiro atoms. The molecule has 2 N–H and O–H groups in total. The molecule has 1 aromatic carbocycles. The van der Waals surface area contributed by atoms with E-state index in [1.807, 2.05) is 35.2 Å². The number of para-hydroxylation sites is 1. The Morgan fingerprint density at radius 3 is 2.58 bits per heavy atom. The first-order chi connectivity index (χ1) is 12.7. The van der Waals surface area contributed by atoms with E-state index in [-0.39, 0.29) is 18.5 Å². The second-order valence-corrected chi connectivity index (χ2v) is 6.75. The summed E-state index contributed by atoms with van der Waals surface area (Å²) in [4.78, 5) is 23.6. The average molecular weight is 356 g/mol. The summed E-state index contributed by atoms with van der Waals surface area (Å²) < 4.78 is 5.05. The topological polar surface area (TPSA) is 91.7 Å². The number of nitrogens with zero attached hydrogens (tertiary/aromatic N) is 5. The molecular formula is C18H24N6O2. The highest BCUT2D eigenvalue weighted by Crippen LogP contribution is 2.25. The maximum absolute atomic E-state index is 12.8. The molecule has 0 aliphatic carbocycles. The predicted molar refractivity (Wildman–Crippen MR) is 96.2 cm³/mol. The lowest BCUT2D eigenvalue weighted by Gasteiger charge is -2.36. The van der Waals surface area contributed by atoms with E-state index in [0.717, 1.165) is 44.8 Å². The molecule has 3 heterocycles. The van der Waals surface area contributed by atoms with Crippen molar-refractivity contribution in [2.24, 2.45) is 5.73 Å². The third-order valence-electron chi connectivity index (χ3n) is 5.14. The molecule has 2 saturated heterocycles. The normalized spacial score (nSPS) is 22.3. The van der Waals surface area contributed by atoms with Gasteiger partial charge in [-0.05, 0) is 18.6 Å². The molecular weight excluding hydrogens is 332 g/mol. The van der Waals surface area contributed by atoms with Crippen LogP contribution in [0.25, 0.3) is 0 Å². The lowest BCUT2D eigenvalue weighted by molar-refractivity contribution is -0.122. The number of hydrogen-bond donors (Lipinski definition) is 1. The predicted octanol–water partition coefficient (Wildman–Crippen LogP) is 0.451. The summed E-state index contributed by atoms with van der Waals surface area (Å²) in [7, 11) is 0. The Bertz CT molecular complexity index is 741. The highest BCUT2D eigenvalue weighted by molar-refractivity contribution is 5.99. The van der Waals surface area contributed by atoms with E-state index in [9.17, 15) is 4.79 Å². The molecule has 0 saturated carbocycles. The molecule has 8 heteroatoms.